The van der Waals surface area contributed by atoms with Gasteiger partial charge in [0.25, 0.3) is 0 Å². The van der Waals surface area contributed by atoms with Crippen LogP contribution in [0.4, 0.5) is 5.69 Å². The zero-order valence-corrected chi connectivity index (χ0v) is 11.9. The van der Waals surface area contributed by atoms with Gasteiger partial charge in [0, 0.05) is 26.4 Å². The van der Waals surface area contributed by atoms with E-state index in [1.807, 2.05) is 17.9 Å². The SMILES string of the molecule is CCc1nn(C)cc1NC(C)CC(C)(C)OC. The first-order chi connectivity index (χ1) is 7.88. The standard InChI is InChI=1S/C13H25N3O/c1-7-11-12(9-16(5)15-11)14-10(2)8-13(3,4)17-6/h9-10,14H,7-8H2,1-6H3. The molecule has 98 valence electrons. The van der Waals surface area contributed by atoms with E-state index in [2.05, 4.69) is 38.1 Å². The molecule has 1 rings (SSSR count). The minimum Gasteiger partial charge on any atom is -0.380 e. The first kappa shape index (κ1) is 14.0. The highest BCUT2D eigenvalue weighted by Crippen LogP contribution is 2.20. The van der Waals surface area contributed by atoms with Crippen LogP contribution >= 0.6 is 0 Å². The predicted molar refractivity (Wildman–Crippen MR) is 71.4 cm³/mol. The van der Waals surface area contributed by atoms with Crippen LogP contribution in [0.25, 0.3) is 0 Å². The Kier molecular flexibility index (Phi) is 4.57. The molecule has 0 saturated carbocycles. The van der Waals surface area contributed by atoms with Crippen molar-refractivity contribution in [3.05, 3.63) is 11.9 Å². The van der Waals surface area contributed by atoms with E-state index in [1.54, 1.807) is 7.11 Å². The predicted octanol–water partition coefficient (Wildman–Crippen LogP) is 2.60. The maximum absolute atomic E-state index is 5.45. The second-order valence-electron chi connectivity index (χ2n) is 5.23. The van der Waals surface area contributed by atoms with Gasteiger partial charge in [-0.05, 0) is 33.6 Å². The second-order valence-corrected chi connectivity index (χ2v) is 5.23. The van der Waals surface area contributed by atoms with Crippen LogP contribution < -0.4 is 5.32 Å². The molecule has 4 heteroatoms. The van der Waals surface area contributed by atoms with Crippen molar-refractivity contribution in [2.75, 3.05) is 12.4 Å². The zero-order valence-electron chi connectivity index (χ0n) is 11.9. The fourth-order valence-electron chi connectivity index (χ4n) is 2.05. The van der Waals surface area contributed by atoms with Crippen LogP contribution in [0.5, 0.6) is 0 Å². The average molecular weight is 239 g/mol. The van der Waals surface area contributed by atoms with Crippen molar-refractivity contribution in [1.29, 1.82) is 0 Å². The van der Waals surface area contributed by atoms with Crippen LogP contribution in [0.15, 0.2) is 6.20 Å². The third-order valence-corrected chi connectivity index (χ3v) is 2.99. The number of ether oxygens (including phenoxy) is 1. The highest BCUT2D eigenvalue weighted by Gasteiger charge is 2.20. The molecule has 1 heterocycles. The minimum atomic E-state index is -0.0962. The van der Waals surface area contributed by atoms with Crippen LogP contribution in [0.3, 0.4) is 0 Å². The second kappa shape index (κ2) is 5.54. The van der Waals surface area contributed by atoms with Crippen molar-refractivity contribution in [3.8, 4) is 0 Å². The maximum atomic E-state index is 5.45. The number of anilines is 1. The number of nitrogens with zero attached hydrogens (tertiary/aromatic N) is 2. The summed E-state index contributed by atoms with van der Waals surface area (Å²) in [5.41, 5.74) is 2.16. The molecular weight excluding hydrogens is 214 g/mol. The van der Waals surface area contributed by atoms with Gasteiger partial charge in [-0.2, -0.15) is 5.10 Å². The maximum Gasteiger partial charge on any atom is 0.0853 e. The fraction of sp³-hybridized carbons (Fsp3) is 0.769. The lowest BCUT2D eigenvalue weighted by molar-refractivity contribution is 0.0128. The molecule has 1 unspecified atom stereocenters. The van der Waals surface area contributed by atoms with E-state index in [1.165, 1.54) is 0 Å². The molecule has 0 fully saturated rings. The van der Waals surface area contributed by atoms with E-state index < -0.39 is 0 Å². The van der Waals surface area contributed by atoms with Crippen LogP contribution in [0.2, 0.25) is 0 Å². The lowest BCUT2D eigenvalue weighted by Gasteiger charge is -2.27. The van der Waals surface area contributed by atoms with Crippen molar-refractivity contribution < 1.29 is 4.74 Å². The summed E-state index contributed by atoms with van der Waals surface area (Å²) < 4.78 is 7.30. The molecule has 0 aromatic carbocycles. The van der Waals surface area contributed by atoms with Gasteiger partial charge in [0.15, 0.2) is 0 Å². The Morgan fingerprint density at radius 1 is 1.53 bits per heavy atom. The summed E-state index contributed by atoms with van der Waals surface area (Å²) >= 11 is 0. The largest absolute Gasteiger partial charge is 0.380 e. The summed E-state index contributed by atoms with van der Waals surface area (Å²) in [6.07, 6.45) is 3.94. The van der Waals surface area contributed by atoms with Gasteiger partial charge in [0.1, 0.15) is 0 Å². The number of rotatable bonds is 6. The highest BCUT2D eigenvalue weighted by molar-refractivity contribution is 5.47. The molecule has 0 amide bonds. The molecule has 17 heavy (non-hydrogen) atoms. The number of methoxy groups -OCH3 is 1. The van der Waals surface area contributed by atoms with E-state index in [9.17, 15) is 0 Å². The van der Waals surface area contributed by atoms with E-state index in [-0.39, 0.29) is 5.60 Å². The zero-order chi connectivity index (χ0) is 13.1. The lowest BCUT2D eigenvalue weighted by atomic mass is 9.99. The van der Waals surface area contributed by atoms with Crippen LogP contribution in [-0.2, 0) is 18.2 Å². The summed E-state index contributed by atoms with van der Waals surface area (Å²) in [5.74, 6) is 0. The van der Waals surface area contributed by atoms with E-state index in [0.29, 0.717) is 6.04 Å². The van der Waals surface area contributed by atoms with Crippen LogP contribution in [-0.4, -0.2) is 28.5 Å². The number of aromatic nitrogens is 2. The molecule has 1 N–H and O–H groups in total. The third kappa shape index (κ3) is 4.04. The fourth-order valence-corrected chi connectivity index (χ4v) is 2.05. The molecule has 0 saturated heterocycles. The lowest BCUT2D eigenvalue weighted by Crippen LogP contribution is -2.31. The highest BCUT2D eigenvalue weighted by atomic mass is 16.5. The Morgan fingerprint density at radius 2 is 2.18 bits per heavy atom. The number of hydrogen-bond donors (Lipinski definition) is 1. The molecule has 0 spiro atoms. The van der Waals surface area contributed by atoms with Gasteiger partial charge in [-0.15, -0.1) is 0 Å². The molecular formula is C13H25N3O. The topological polar surface area (TPSA) is 39.1 Å². The Hall–Kier alpha value is -1.03. The molecule has 4 nitrogen and oxygen atoms in total. The van der Waals surface area contributed by atoms with E-state index >= 15 is 0 Å². The van der Waals surface area contributed by atoms with Gasteiger partial charge >= 0.3 is 0 Å². The number of aryl methyl sites for hydroxylation is 2. The Morgan fingerprint density at radius 3 is 2.71 bits per heavy atom. The van der Waals surface area contributed by atoms with Crippen molar-refractivity contribution in [3.63, 3.8) is 0 Å². The van der Waals surface area contributed by atoms with Crippen LogP contribution in [0, 0.1) is 0 Å². The minimum absolute atomic E-state index is 0.0962. The quantitative estimate of drug-likeness (QED) is 0.829. The van der Waals surface area contributed by atoms with Crippen molar-refractivity contribution in [1.82, 2.24) is 9.78 Å². The Labute approximate surface area is 104 Å². The Bertz CT molecular complexity index is 358. The monoisotopic (exact) mass is 239 g/mol. The summed E-state index contributed by atoms with van der Waals surface area (Å²) in [7, 11) is 3.71. The summed E-state index contributed by atoms with van der Waals surface area (Å²) in [4.78, 5) is 0. The molecule has 1 atom stereocenters. The molecule has 0 bridgehead atoms. The van der Waals surface area contributed by atoms with Gasteiger partial charge < -0.3 is 10.1 Å². The van der Waals surface area contributed by atoms with Gasteiger partial charge in [-0.25, -0.2) is 0 Å². The van der Waals surface area contributed by atoms with Gasteiger partial charge in [0.2, 0.25) is 0 Å². The number of nitrogens with one attached hydrogen (secondary N) is 1. The smallest absolute Gasteiger partial charge is 0.0853 e. The summed E-state index contributed by atoms with van der Waals surface area (Å²) in [5, 5.41) is 7.93. The van der Waals surface area contributed by atoms with Gasteiger partial charge in [-0.3, -0.25) is 4.68 Å². The normalized spacial score (nSPS) is 13.8. The van der Waals surface area contributed by atoms with Crippen molar-refractivity contribution in [2.45, 2.75) is 52.2 Å². The molecule has 0 aliphatic carbocycles. The van der Waals surface area contributed by atoms with Crippen LogP contribution in [0.1, 0.15) is 39.8 Å². The molecule has 1 aromatic rings. The summed E-state index contributed by atoms with van der Waals surface area (Å²) in [6, 6.07) is 0.361. The van der Waals surface area contributed by atoms with Crippen molar-refractivity contribution >= 4 is 5.69 Å². The molecule has 0 aliphatic rings. The molecule has 1 aromatic heterocycles. The van der Waals surface area contributed by atoms with E-state index in [0.717, 1.165) is 24.2 Å². The van der Waals surface area contributed by atoms with E-state index in [4.69, 9.17) is 4.74 Å². The van der Waals surface area contributed by atoms with Gasteiger partial charge in [0.05, 0.1) is 17.0 Å². The third-order valence-electron chi connectivity index (χ3n) is 2.99. The first-order valence-corrected chi connectivity index (χ1v) is 6.22. The average Bonchev–Trinajstić information content (AvgIpc) is 2.57. The molecule has 0 aliphatic heterocycles. The van der Waals surface area contributed by atoms with Crippen molar-refractivity contribution in [2.24, 2.45) is 7.05 Å². The first-order valence-electron chi connectivity index (χ1n) is 6.22. The van der Waals surface area contributed by atoms with Gasteiger partial charge in [-0.1, -0.05) is 6.92 Å². The number of hydrogen-bond acceptors (Lipinski definition) is 3. The molecule has 0 radical (unpaired) electrons. The summed E-state index contributed by atoms with van der Waals surface area (Å²) in [6.45, 7) is 8.51. The Balaban J connectivity index is 2.64.